The van der Waals surface area contributed by atoms with Gasteiger partial charge in [-0.1, -0.05) is 118 Å². The first kappa shape index (κ1) is 26.3. The molecule has 184 valence electrons. The number of carbonyl (C=O) groups excluding carboxylic acids is 1. The Kier molecular flexibility index (Phi) is 10.6. The molecule has 0 unspecified atom stereocenters. The minimum atomic E-state index is -0.214. The molecule has 0 amide bonds. The van der Waals surface area contributed by atoms with Crippen molar-refractivity contribution < 1.29 is 14.6 Å². The number of hydrogen-bond donors (Lipinski definition) is 1. The first-order valence-corrected chi connectivity index (χ1v) is 12.9. The Bertz CT molecular complexity index is 1060. The summed E-state index contributed by atoms with van der Waals surface area (Å²) < 4.78 is 5.90. The van der Waals surface area contributed by atoms with E-state index in [0.29, 0.717) is 11.1 Å². The Morgan fingerprint density at radius 2 is 1.23 bits per heavy atom. The van der Waals surface area contributed by atoms with E-state index in [1.807, 2.05) is 55.5 Å². The molecule has 0 saturated heterocycles. The van der Waals surface area contributed by atoms with Crippen LogP contribution in [0.2, 0.25) is 0 Å². The second-order valence-electron chi connectivity index (χ2n) is 9.18. The smallest absolute Gasteiger partial charge is 0.189 e. The summed E-state index contributed by atoms with van der Waals surface area (Å²) in [7, 11) is 0. The second-order valence-corrected chi connectivity index (χ2v) is 9.18. The van der Waals surface area contributed by atoms with Crippen LogP contribution in [0.25, 0.3) is 16.9 Å². The number of ether oxygens (including phenoxy) is 1. The van der Waals surface area contributed by atoms with Crippen LogP contribution < -0.4 is 4.74 Å². The van der Waals surface area contributed by atoms with Gasteiger partial charge in [-0.3, -0.25) is 4.79 Å². The molecule has 3 rings (SSSR count). The molecule has 0 bridgehead atoms. The zero-order valence-electron chi connectivity index (χ0n) is 21.1. The number of aliphatic hydroxyl groups is 1. The van der Waals surface area contributed by atoms with Gasteiger partial charge >= 0.3 is 0 Å². The van der Waals surface area contributed by atoms with E-state index in [9.17, 15) is 9.90 Å². The molecule has 0 radical (unpaired) electrons. The fourth-order valence-electron chi connectivity index (χ4n) is 4.01. The number of aliphatic hydroxyl groups excluding tert-OH is 1. The van der Waals surface area contributed by atoms with Gasteiger partial charge in [0.25, 0.3) is 0 Å². The summed E-state index contributed by atoms with van der Waals surface area (Å²) in [6.07, 6.45) is 11.6. The molecule has 0 heterocycles. The monoisotopic (exact) mass is 470 g/mol. The number of ketones is 1. The third-order valence-corrected chi connectivity index (χ3v) is 6.24. The van der Waals surface area contributed by atoms with Crippen molar-refractivity contribution in [2.45, 2.75) is 65.2 Å². The second kappa shape index (κ2) is 14.2. The molecule has 3 nitrogen and oxygen atoms in total. The quantitative estimate of drug-likeness (QED) is 0.111. The molecule has 0 saturated carbocycles. The number of rotatable bonds is 14. The summed E-state index contributed by atoms with van der Waals surface area (Å²) in [6.45, 7) is 4.99. The average Bonchev–Trinajstić information content (AvgIpc) is 2.88. The van der Waals surface area contributed by atoms with Gasteiger partial charge < -0.3 is 9.84 Å². The van der Waals surface area contributed by atoms with E-state index >= 15 is 0 Å². The topological polar surface area (TPSA) is 46.5 Å². The lowest BCUT2D eigenvalue weighted by Crippen LogP contribution is -1.97. The van der Waals surface area contributed by atoms with E-state index in [2.05, 4.69) is 19.1 Å². The number of aryl methyl sites for hydroxylation is 1. The Balaban J connectivity index is 1.46. The minimum absolute atomic E-state index is 0.0353. The maximum Gasteiger partial charge on any atom is 0.189 e. The molecule has 0 fully saturated rings. The Morgan fingerprint density at radius 1 is 0.714 bits per heavy atom. The van der Waals surface area contributed by atoms with Gasteiger partial charge in [0.15, 0.2) is 5.78 Å². The molecule has 35 heavy (non-hydrogen) atoms. The summed E-state index contributed by atoms with van der Waals surface area (Å²) in [4.78, 5) is 12.4. The standard InChI is InChI=1S/C32H38O3/c1-3-4-5-6-7-8-9-10-23-35-30-21-19-27(20-22-30)26-15-17-29(18-16-26)32(34)24-31(33)28-13-11-25(2)12-14-28/h11-22,24,34H,3-10,23H2,1-2H3/b32-24-. The van der Waals surface area contributed by atoms with Crippen LogP contribution in [-0.4, -0.2) is 17.5 Å². The maximum atomic E-state index is 12.4. The van der Waals surface area contributed by atoms with Crippen molar-refractivity contribution in [1.29, 1.82) is 0 Å². The van der Waals surface area contributed by atoms with Crippen molar-refractivity contribution >= 4 is 11.5 Å². The lowest BCUT2D eigenvalue weighted by molar-refractivity contribution is 0.104. The third-order valence-electron chi connectivity index (χ3n) is 6.24. The average molecular weight is 471 g/mol. The van der Waals surface area contributed by atoms with Crippen molar-refractivity contribution in [3.8, 4) is 16.9 Å². The Morgan fingerprint density at radius 3 is 1.83 bits per heavy atom. The lowest BCUT2D eigenvalue weighted by Gasteiger charge is -2.08. The highest BCUT2D eigenvalue weighted by molar-refractivity contribution is 6.07. The van der Waals surface area contributed by atoms with Gasteiger partial charge in [-0.15, -0.1) is 0 Å². The molecule has 1 N–H and O–H groups in total. The van der Waals surface area contributed by atoms with Crippen LogP contribution in [-0.2, 0) is 0 Å². The van der Waals surface area contributed by atoms with Crippen molar-refractivity contribution in [2.75, 3.05) is 6.61 Å². The molecule has 0 aliphatic rings. The molecular weight excluding hydrogens is 432 g/mol. The van der Waals surface area contributed by atoms with Crippen molar-refractivity contribution in [2.24, 2.45) is 0 Å². The highest BCUT2D eigenvalue weighted by atomic mass is 16.5. The number of carbonyl (C=O) groups is 1. The third kappa shape index (κ3) is 8.75. The molecule has 0 aliphatic heterocycles. The predicted octanol–water partition coefficient (Wildman–Crippen LogP) is 8.96. The van der Waals surface area contributed by atoms with Crippen molar-refractivity contribution in [3.63, 3.8) is 0 Å². The molecule has 0 aromatic heterocycles. The van der Waals surface area contributed by atoms with Crippen LogP contribution in [0.3, 0.4) is 0 Å². The highest BCUT2D eigenvalue weighted by Gasteiger charge is 2.07. The molecular formula is C32H38O3. The minimum Gasteiger partial charge on any atom is -0.507 e. The summed E-state index contributed by atoms with van der Waals surface area (Å²) in [5.41, 5.74) is 4.38. The zero-order valence-corrected chi connectivity index (χ0v) is 21.1. The van der Waals surface area contributed by atoms with E-state index in [0.717, 1.165) is 35.5 Å². The van der Waals surface area contributed by atoms with Gasteiger partial charge in [0, 0.05) is 17.2 Å². The fraction of sp³-hybridized carbons (Fsp3) is 0.344. The van der Waals surface area contributed by atoms with Gasteiger partial charge in [0.05, 0.1) is 6.61 Å². The van der Waals surface area contributed by atoms with E-state index < -0.39 is 0 Å². The van der Waals surface area contributed by atoms with Crippen LogP contribution in [0, 0.1) is 6.92 Å². The van der Waals surface area contributed by atoms with Gasteiger partial charge in [-0.25, -0.2) is 0 Å². The number of unbranched alkanes of at least 4 members (excludes halogenated alkanes) is 7. The molecule has 0 atom stereocenters. The first-order chi connectivity index (χ1) is 17.1. The fourth-order valence-corrected chi connectivity index (χ4v) is 4.01. The van der Waals surface area contributed by atoms with Gasteiger partial charge in [0.2, 0.25) is 0 Å². The number of allylic oxidation sites excluding steroid dienone is 1. The van der Waals surface area contributed by atoms with Crippen LogP contribution in [0.4, 0.5) is 0 Å². The van der Waals surface area contributed by atoms with Gasteiger partial charge in [-0.2, -0.15) is 0 Å². The van der Waals surface area contributed by atoms with Crippen LogP contribution in [0.15, 0.2) is 78.9 Å². The van der Waals surface area contributed by atoms with E-state index in [1.165, 1.54) is 51.0 Å². The largest absolute Gasteiger partial charge is 0.507 e. The highest BCUT2D eigenvalue weighted by Crippen LogP contribution is 2.24. The van der Waals surface area contributed by atoms with Crippen molar-refractivity contribution in [3.05, 3.63) is 95.6 Å². The van der Waals surface area contributed by atoms with Crippen LogP contribution in [0.1, 0.15) is 79.8 Å². The summed E-state index contributed by atoms with van der Waals surface area (Å²) in [5.74, 6) is 0.643. The van der Waals surface area contributed by atoms with Gasteiger partial charge in [0.1, 0.15) is 11.5 Å². The van der Waals surface area contributed by atoms with Crippen LogP contribution in [0.5, 0.6) is 5.75 Å². The Hall–Kier alpha value is -3.33. The summed E-state index contributed by atoms with van der Waals surface area (Å²) >= 11 is 0. The maximum absolute atomic E-state index is 12.4. The molecule has 3 heteroatoms. The lowest BCUT2D eigenvalue weighted by atomic mass is 10.0. The molecule has 0 spiro atoms. The normalized spacial score (nSPS) is 11.4. The Labute approximate surface area is 210 Å². The molecule has 3 aromatic rings. The van der Waals surface area contributed by atoms with Crippen LogP contribution >= 0.6 is 0 Å². The zero-order chi connectivity index (χ0) is 24.9. The van der Waals surface area contributed by atoms with E-state index in [1.54, 1.807) is 12.1 Å². The molecule has 3 aromatic carbocycles. The summed E-state index contributed by atoms with van der Waals surface area (Å²) in [6, 6.07) is 23.0. The SMILES string of the molecule is CCCCCCCCCCOc1ccc(-c2ccc(/C(O)=C/C(=O)c3ccc(C)cc3)cc2)cc1. The number of benzene rings is 3. The van der Waals surface area contributed by atoms with Gasteiger partial charge in [-0.05, 0) is 36.6 Å². The molecule has 0 aliphatic carbocycles. The van der Waals surface area contributed by atoms with E-state index in [4.69, 9.17) is 4.74 Å². The number of hydrogen-bond acceptors (Lipinski definition) is 3. The van der Waals surface area contributed by atoms with Crippen molar-refractivity contribution in [1.82, 2.24) is 0 Å². The first-order valence-electron chi connectivity index (χ1n) is 12.9. The predicted molar refractivity (Wildman–Crippen MR) is 146 cm³/mol. The summed E-state index contributed by atoms with van der Waals surface area (Å²) in [5, 5.41) is 10.4. The van der Waals surface area contributed by atoms with E-state index in [-0.39, 0.29) is 11.5 Å².